The van der Waals surface area contributed by atoms with Gasteiger partial charge in [0.25, 0.3) is 0 Å². The number of nitrogens with one attached hydrogen (secondary N) is 1. The molecule has 22 heavy (non-hydrogen) atoms. The van der Waals surface area contributed by atoms with Gasteiger partial charge < -0.3 is 10.4 Å². The summed E-state index contributed by atoms with van der Waals surface area (Å²) in [5.74, 6) is -0.340. The highest BCUT2D eigenvalue weighted by molar-refractivity contribution is 5.50. The van der Waals surface area contributed by atoms with Crippen molar-refractivity contribution in [3.05, 3.63) is 29.1 Å². The highest BCUT2D eigenvalue weighted by Crippen LogP contribution is 2.43. The van der Waals surface area contributed by atoms with Gasteiger partial charge in [-0.2, -0.15) is 5.26 Å². The summed E-state index contributed by atoms with van der Waals surface area (Å²) >= 11 is 0. The third-order valence-electron chi connectivity index (χ3n) is 4.98. The maximum atomic E-state index is 13.7. The maximum Gasteiger partial charge on any atom is 0.144 e. The lowest BCUT2D eigenvalue weighted by Gasteiger charge is -2.39. The number of phenols is 1. The van der Waals surface area contributed by atoms with E-state index in [1.807, 2.05) is 0 Å². The van der Waals surface area contributed by atoms with Gasteiger partial charge in [0.2, 0.25) is 0 Å². The smallest absolute Gasteiger partial charge is 0.144 e. The summed E-state index contributed by atoms with van der Waals surface area (Å²) in [5, 5.41) is 22.9. The number of hydrogen-bond acceptors (Lipinski definition) is 4. The lowest BCUT2D eigenvalue weighted by molar-refractivity contribution is 0.123. The van der Waals surface area contributed by atoms with Gasteiger partial charge in [-0.05, 0) is 24.8 Å². The highest BCUT2D eigenvalue weighted by Gasteiger charge is 2.34. The number of hydrogen-bond donors (Lipinski definition) is 2. The van der Waals surface area contributed by atoms with E-state index < -0.39 is 5.82 Å². The predicted octanol–water partition coefficient (Wildman–Crippen LogP) is 2.54. The second kappa shape index (κ2) is 6.64. The first kappa shape index (κ1) is 15.3. The minimum atomic E-state index is -0.644. The Bertz CT molecular complexity index is 572. The van der Waals surface area contributed by atoms with E-state index in [1.54, 1.807) is 12.1 Å². The van der Waals surface area contributed by atoms with Gasteiger partial charge in [0.1, 0.15) is 23.2 Å². The molecule has 2 fully saturated rings. The molecule has 0 bridgehead atoms. The SMILES string of the molecule is N#Cc1c(F)ccc([C@@H](C2CCCC2)N2CCNCC2)c1O. The topological polar surface area (TPSA) is 59.3 Å². The van der Waals surface area contributed by atoms with Gasteiger partial charge in [-0.15, -0.1) is 0 Å². The summed E-state index contributed by atoms with van der Waals surface area (Å²) in [4.78, 5) is 2.38. The summed E-state index contributed by atoms with van der Waals surface area (Å²) in [6, 6.07) is 4.86. The molecule has 0 radical (unpaired) electrons. The third kappa shape index (κ3) is 2.81. The minimum Gasteiger partial charge on any atom is -0.506 e. The van der Waals surface area contributed by atoms with E-state index in [9.17, 15) is 9.50 Å². The molecule has 0 unspecified atom stereocenters. The zero-order valence-electron chi connectivity index (χ0n) is 12.7. The van der Waals surface area contributed by atoms with Gasteiger partial charge in [-0.1, -0.05) is 18.9 Å². The van der Waals surface area contributed by atoms with Crippen molar-refractivity contribution in [2.75, 3.05) is 26.2 Å². The van der Waals surface area contributed by atoms with Crippen LogP contribution in [-0.4, -0.2) is 36.2 Å². The molecule has 1 saturated carbocycles. The largest absolute Gasteiger partial charge is 0.506 e. The van der Waals surface area contributed by atoms with Crippen molar-refractivity contribution in [2.24, 2.45) is 5.92 Å². The van der Waals surface area contributed by atoms with Crippen molar-refractivity contribution >= 4 is 0 Å². The molecule has 0 aromatic heterocycles. The zero-order valence-corrected chi connectivity index (χ0v) is 12.7. The molecule has 4 nitrogen and oxygen atoms in total. The van der Waals surface area contributed by atoms with Crippen molar-refractivity contribution in [2.45, 2.75) is 31.7 Å². The molecule has 2 aliphatic rings. The van der Waals surface area contributed by atoms with E-state index in [1.165, 1.54) is 18.9 Å². The van der Waals surface area contributed by atoms with Gasteiger partial charge in [0.05, 0.1) is 0 Å². The second-order valence-electron chi connectivity index (χ2n) is 6.25. The molecule has 118 valence electrons. The Morgan fingerprint density at radius 3 is 2.59 bits per heavy atom. The van der Waals surface area contributed by atoms with Crippen molar-refractivity contribution in [3.8, 4) is 11.8 Å². The number of piperazine rings is 1. The Balaban J connectivity index is 2.00. The van der Waals surface area contributed by atoms with E-state index in [4.69, 9.17) is 5.26 Å². The van der Waals surface area contributed by atoms with Crippen LogP contribution in [0.1, 0.15) is 42.9 Å². The van der Waals surface area contributed by atoms with Crippen molar-refractivity contribution in [3.63, 3.8) is 0 Å². The molecule has 1 aromatic rings. The number of benzene rings is 1. The van der Waals surface area contributed by atoms with E-state index in [2.05, 4.69) is 10.2 Å². The number of nitrogens with zero attached hydrogens (tertiary/aromatic N) is 2. The van der Waals surface area contributed by atoms with E-state index in [0.29, 0.717) is 11.5 Å². The Kier molecular flexibility index (Phi) is 4.60. The highest BCUT2D eigenvalue weighted by atomic mass is 19.1. The van der Waals surface area contributed by atoms with Crippen LogP contribution >= 0.6 is 0 Å². The first-order valence-electron chi connectivity index (χ1n) is 8.08. The van der Waals surface area contributed by atoms with Crippen LogP contribution in [0.25, 0.3) is 0 Å². The van der Waals surface area contributed by atoms with Crippen LogP contribution < -0.4 is 5.32 Å². The average molecular weight is 303 g/mol. The van der Waals surface area contributed by atoms with Crippen LogP contribution in [0.3, 0.4) is 0 Å². The molecule has 1 aromatic carbocycles. The molecule has 1 aliphatic carbocycles. The fourth-order valence-corrected chi connectivity index (χ4v) is 3.91. The number of halogens is 1. The molecule has 1 aliphatic heterocycles. The van der Waals surface area contributed by atoms with Gasteiger partial charge in [0.15, 0.2) is 0 Å². The van der Waals surface area contributed by atoms with Crippen LogP contribution in [-0.2, 0) is 0 Å². The molecule has 1 saturated heterocycles. The van der Waals surface area contributed by atoms with E-state index in [-0.39, 0.29) is 17.4 Å². The van der Waals surface area contributed by atoms with Crippen LogP contribution in [0.15, 0.2) is 12.1 Å². The van der Waals surface area contributed by atoms with Crippen molar-refractivity contribution in [1.82, 2.24) is 10.2 Å². The minimum absolute atomic E-state index is 0.0808. The second-order valence-corrected chi connectivity index (χ2v) is 6.25. The van der Waals surface area contributed by atoms with Gasteiger partial charge >= 0.3 is 0 Å². The van der Waals surface area contributed by atoms with E-state index >= 15 is 0 Å². The standard InChI is InChI=1S/C17H22FN3O/c18-15-6-5-13(17(22)14(15)11-19)16(12-3-1-2-4-12)21-9-7-20-8-10-21/h5-6,12,16,20,22H,1-4,7-10H2/t16-/m1/s1. The summed E-state index contributed by atoms with van der Waals surface area (Å²) in [7, 11) is 0. The van der Waals surface area contributed by atoms with Crippen LogP contribution in [0.2, 0.25) is 0 Å². The summed E-state index contributed by atoms with van der Waals surface area (Å²) in [6.45, 7) is 3.69. The number of nitriles is 1. The first-order valence-corrected chi connectivity index (χ1v) is 8.08. The van der Waals surface area contributed by atoms with E-state index in [0.717, 1.165) is 39.0 Å². The van der Waals surface area contributed by atoms with Crippen LogP contribution in [0, 0.1) is 23.1 Å². The Hall–Kier alpha value is -1.64. The normalized spacial score (nSPS) is 21.6. The fourth-order valence-electron chi connectivity index (χ4n) is 3.91. The molecule has 2 N–H and O–H groups in total. The number of aromatic hydroxyl groups is 1. The summed E-state index contributed by atoms with van der Waals surface area (Å²) in [5.41, 5.74) is 0.488. The predicted molar refractivity (Wildman–Crippen MR) is 81.9 cm³/mol. The summed E-state index contributed by atoms with van der Waals surface area (Å²) < 4.78 is 13.7. The van der Waals surface area contributed by atoms with Gasteiger partial charge in [-0.25, -0.2) is 4.39 Å². The Morgan fingerprint density at radius 2 is 1.95 bits per heavy atom. The molecule has 1 heterocycles. The van der Waals surface area contributed by atoms with Gasteiger partial charge in [-0.3, -0.25) is 4.90 Å². The van der Waals surface area contributed by atoms with Crippen molar-refractivity contribution in [1.29, 1.82) is 5.26 Å². The van der Waals surface area contributed by atoms with Gasteiger partial charge in [0, 0.05) is 37.8 Å². The molecule has 1 atom stereocenters. The molecule has 5 heteroatoms. The Morgan fingerprint density at radius 1 is 1.27 bits per heavy atom. The first-order chi connectivity index (χ1) is 10.7. The molecule has 0 spiro atoms. The molecule has 3 rings (SSSR count). The quantitative estimate of drug-likeness (QED) is 0.901. The monoisotopic (exact) mass is 303 g/mol. The zero-order chi connectivity index (χ0) is 15.5. The van der Waals surface area contributed by atoms with Crippen LogP contribution in [0.5, 0.6) is 5.75 Å². The Labute approximate surface area is 130 Å². The summed E-state index contributed by atoms with van der Waals surface area (Å²) in [6.07, 6.45) is 4.68. The van der Waals surface area contributed by atoms with Crippen LogP contribution in [0.4, 0.5) is 4.39 Å². The number of phenolic OH excluding ortho intramolecular Hbond substituents is 1. The number of rotatable bonds is 3. The lowest BCUT2D eigenvalue weighted by Crippen LogP contribution is -2.46. The lowest BCUT2D eigenvalue weighted by atomic mass is 9.88. The third-order valence-corrected chi connectivity index (χ3v) is 4.98. The molecule has 0 amide bonds. The maximum absolute atomic E-state index is 13.7. The average Bonchev–Trinajstić information content (AvgIpc) is 3.05. The van der Waals surface area contributed by atoms with Crippen molar-refractivity contribution < 1.29 is 9.50 Å². The molecular weight excluding hydrogens is 281 g/mol. The fraction of sp³-hybridized carbons (Fsp3) is 0.588. The molecular formula is C17H22FN3O.